The van der Waals surface area contributed by atoms with E-state index >= 15 is 0 Å². The molecule has 5 heteroatoms. The van der Waals surface area contributed by atoms with E-state index in [2.05, 4.69) is 135 Å². The molecule has 0 spiro atoms. The maximum absolute atomic E-state index is 12.3. The highest BCUT2D eigenvalue weighted by Crippen LogP contribution is 2.15. The average molecular weight is 883 g/mol. The fraction of sp³-hybridized carbons (Fsp3) is 0.593. The quantitative estimate of drug-likeness (QED) is 0.0375. The number of hydrogen-bond donors (Lipinski definition) is 1. The van der Waals surface area contributed by atoms with Crippen LogP contribution in [0.15, 0.2) is 134 Å². The molecule has 1 atom stereocenters. The van der Waals surface area contributed by atoms with Crippen LogP contribution < -0.4 is 0 Å². The van der Waals surface area contributed by atoms with Gasteiger partial charge < -0.3 is 14.6 Å². The lowest BCUT2D eigenvalue weighted by Crippen LogP contribution is -2.28. The Hall–Kier alpha value is -3.96. The number of unbranched alkanes of at least 4 members (excludes halogenated alkanes) is 16. The normalized spacial score (nSPS) is 13.4. The van der Waals surface area contributed by atoms with Gasteiger partial charge in [0.1, 0.15) is 6.61 Å². The van der Waals surface area contributed by atoms with Crippen molar-refractivity contribution in [3.8, 4) is 0 Å². The Balaban J connectivity index is 3.56. The fourth-order valence-corrected chi connectivity index (χ4v) is 6.69. The Morgan fingerprint density at radius 3 is 1.02 bits per heavy atom. The van der Waals surface area contributed by atoms with Crippen LogP contribution in [0.1, 0.15) is 206 Å². The van der Waals surface area contributed by atoms with Crippen molar-refractivity contribution >= 4 is 11.9 Å². The molecular weight excluding hydrogens is 789 g/mol. The molecule has 1 N–H and O–H groups in total. The van der Waals surface area contributed by atoms with Gasteiger partial charge in [0.15, 0.2) is 6.10 Å². The maximum atomic E-state index is 12.3. The second-order valence-corrected chi connectivity index (χ2v) is 16.5. The van der Waals surface area contributed by atoms with Gasteiger partial charge in [0.25, 0.3) is 0 Å². The van der Waals surface area contributed by atoms with Gasteiger partial charge in [-0.05, 0) is 89.9 Å². The predicted molar refractivity (Wildman–Crippen MR) is 278 cm³/mol. The van der Waals surface area contributed by atoms with Crippen LogP contribution in [-0.2, 0) is 19.1 Å². The van der Waals surface area contributed by atoms with Gasteiger partial charge in [0.2, 0.25) is 0 Å². The molecular formula is C59H94O5. The lowest BCUT2D eigenvalue weighted by atomic mass is 10.0. The third-order valence-electron chi connectivity index (χ3n) is 10.5. The minimum absolute atomic E-state index is 0.126. The van der Waals surface area contributed by atoms with E-state index in [9.17, 15) is 14.7 Å². The van der Waals surface area contributed by atoms with Gasteiger partial charge in [-0.2, -0.15) is 0 Å². The third-order valence-corrected chi connectivity index (χ3v) is 10.5. The highest BCUT2D eigenvalue weighted by atomic mass is 16.6. The molecule has 0 aromatic carbocycles. The van der Waals surface area contributed by atoms with Crippen LogP contribution in [0.3, 0.4) is 0 Å². The zero-order chi connectivity index (χ0) is 46.3. The Kier molecular flexibility index (Phi) is 50.1. The van der Waals surface area contributed by atoms with Crippen molar-refractivity contribution < 1.29 is 24.2 Å². The van der Waals surface area contributed by atoms with Crippen LogP contribution >= 0.6 is 0 Å². The van der Waals surface area contributed by atoms with E-state index in [0.717, 1.165) is 89.9 Å². The zero-order valence-corrected chi connectivity index (χ0v) is 41.0. The predicted octanol–water partition coefficient (Wildman–Crippen LogP) is 17.3. The first kappa shape index (κ1) is 60.0. The zero-order valence-electron chi connectivity index (χ0n) is 41.0. The van der Waals surface area contributed by atoms with Crippen LogP contribution in [0.25, 0.3) is 0 Å². The Morgan fingerprint density at radius 2 is 0.672 bits per heavy atom. The number of carbonyl (C=O) groups is 2. The number of allylic oxidation sites excluding steroid dienone is 21. The molecule has 0 aromatic heterocycles. The van der Waals surface area contributed by atoms with Crippen LogP contribution in [0.5, 0.6) is 0 Å². The molecule has 0 aliphatic carbocycles. The maximum Gasteiger partial charge on any atom is 0.309 e. The summed E-state index contributed by atoms with van der Waals surface area (Å²) >= 11 is 0. The molecule has 360 valence electrons. The lowest BCUT2D eigenvalue weighted by Gasteiger charge is -2.15. The van der Waals surface area contributed by atoms with Crippen molar-refractivity contribution in [2.24, 2.45) is 0 Å². The number of hydrogen-bond acceptors (Lipinski definition) is 5. The first-order valence-corrected chi connectivity index (χ1v) is 25.7. The molecule has 0 rings (SSSR count). The molecule has 0 aromatic rings. The number of aliphatic hydroxyl groups is 1. The van der Waals surface area contributed by atoms with Gasteiger partial charge in [0, 0.05) is 6.42 Å². The molecule has 0 heterocycles. The van der Waals surface area contributed by atoms with Gasteiger partial charge in [-0.15, -0.1) is 0 Å². The Labute approximate surface area is 394 Å². The summed E-state index contributed by atoms with van der Waals surface area (Å²) in [5.74, 6) is -0.745. The summed E-state index contributed by atoms with van der Waals surface area (Å²) in [5.41, 5.74) is 0. The summed E-state index contributed by atoms with van der Waals surface area (Å²) in [6.07, 6.45) is 80.1. The standard InChI is InChI=1S/C59H94O5/c1-3-5-7-9-11-13-15-17-19-20-21-22-23-24-25-26-27-28-29-30-31-32-33-34-35-36-37-38-40-42-44-46-48-50-52-54-59(62)64-57(55-60)56-63-58(61)53-51-49-47-45-43-41-39-18-16-14-12-10-8-6-4-2/h5-8,11-14,17-19,21-22,24-25,27-28,39,43,45,49,51,57,60H,3-4,9-10,15-16,20,23,26,29-38,40-42,44,46-48,50,52-56H2,1-2H3/b7-5-,8-6-,13-11-,14-12-,19-17-,22-21-,25-24-,28-27-,39-18-,45-43-,51-49-. The summed E-state index contributed by atoms with van der Waals surface area (Å²) in [7, 11) is 0. The van der Waals surface area contributed by atoms with Gasteiger partial charge in [-0.25, -0.2) is 0 Å². The van der Waals surface area contributed by atoms with Crippen LogP contribution in [0.2, 0.25) is 0 Å². The number of rotatable bonds is 45. The molecule has 64 heavy (non-hydrogen) atoms. The summed E-state index contributed by atoms with van der Waals surface area (Å²) in [4.78, 5) is 24.3. The second-order valence-electron chi connectivity index (χ2n) is 16.5. The van der Waals surface area contributed by atoms with E-state index in [4.69, 9.17) is 9.47 Å². The van der Waals surface area contributed by atoms with Crippen molar-refractivity contribution in [1.82, 2.24) is 0 Å². The topological polar surface area (TPSA) is 72.8 Å². The Morgan fingerprint density at radius 1 is 0.375 bits per heavy atom. The molecule has 0 saturated carbocycles. The third kappa shape index (κ3) is 50.7. The fourth-order valence-electron chi connectivity index (χ4n) is 6.69. The van der Waals surface area contributed by atoms with Gasteiger partial charge >= 0.3 is 11.9 Å². The molecule has 1 unspecified atom stereocenters. The average Bonchev–Trinajstić information content (AvgIpc) is 3.30. The molecule has 0 saturated heterocycles. The summed E-state index contributed by atoms with van der Waals surface area (Å²) < 4.78 is 10.6. The van der Waals surface area contributed by atoms with Crippen molar-refractivity contribution in [2.45, 2.75) is 213 Å². The highest BCUT2D eigenvalue weighted by molar-refractivity contribution is 5.71. The van der Waals surface area contributed by atoms with Crippen LogP contribution in [-0.4, -0.2) is 36.4 Å². The number of carbonyl (C=O) groups excluding carboxylic acids is 2. The molecule has 5 nitrogen and oxygen atoms in total. The number of ether oxygens (including phenoxy) is 2. The molecule has 0 aliphatic rings. The second kappa shape index (κ2) is 53.4. The monoisotopic (exact) mass is 883 g/mol. The van der Waals surface area contributed by atoms with E-state index in [-0.39, 0.29) is 25.6 Å². The number of aliphatic hydroxyl groups excluding tert-OH is 1. The first-order valence-electron chi connectivity index (χ1n) is 25.7. The van der Waals surface area contributed by atoms with E-state index in [0.29, 0.717) is 6.42 Å². The molecule has 0 bridgehead atoms. The smallest absolute Gasteiger partial charge is 0.309 e. The van der Waals surface area contributed by atoms with Crippen molar-refractivity contribution in [3.63, 3.8) is 0 Å². The van der Waals surface area contributed by atoms with E-state index in [1.165, 1.54) is 89.9 Å². The molecule has 0 aliphatic heterocycles. The highest BCUT2D eigenvalue weighted by Gasteiger charge is 2.15. The molecule has 0 fully saturated rings. The van der Waals surface area contributed by atoms with Gasteiger partial charge in [-0.1, -0.05) is 237 Å². The minimum Gasteiger partial charge on any atom is -0.461 e. The summed E-state index contributed by atoms with van der Waals surface area (Å²) in [5, 5.41) is 9.60. The first-order chi connectivity index (χ1) is 31.6. The van der Waals surface area contributed by atoms with E-state index in [1.54, 1.807) is 6.08 Å². The largest absolute Gasteiger partial charge is 0.461 e. The Bertz CT molecular complexity index is 1370. The number of esters is 2. The lowest BCUT2D eigenvalue weighted by molar-refractivity contribution is -0.161. The molecule has 0 radical (unpaired) electrons. The summed E-state index contributed by atoms with van der Waals surface area (Å²) in [6.45, 7) is 3.81. The molecule has 0 amide bonds. The van der Waals surface area contributed by atoms with Crippen LogP contribution in [0, 0.1) is 0 Å². The van der Waals surface area contributed by atoms with E-state index < -0.39 is 12.1 Å². The van der Waals surface area contributed by atoms with Crippen molar-refractivity contribution in [2.75, 3.05) is 13.2 Å². The van der Waals surface area contributed by atoms with Crippen LogP contribution in [0.4, 0.5) is 0 Å². The minimum atomic E-state index is -0.820. The van der Waals surface area contributed by atoms with Gasteiger partial charge in [0.05, 0.1) is 13.0 Å². The van der Waals surface area contributed by atoms with Crippen molar-refractivity contribution in [1.29, 1.82) is 0 Å². The summed E-state index contributed by atoms with van der Waals surface area (Å²) in [6, 6.07) is 0. The SMILES string of the molecule is CC/C=C\C/C=C\C/C=C\C/C=C\C/C=C\C/C=C\CCCCCCCCCCCCCCCCCCC(=O)OC(CO)COC(=O)C/C=C\C/C=C\C/C=C\C/C=C\C/C=C\CC. The van der Waals surface area contributed by atoms with Gasteiger partial charge in [-0.3, -0.25) is 9.59 Å². The van der Waals surface area contributed by atoms with Crippen molar-refractivity contribution in [3.05, 3.63) is 134 Å². The van der Waals surface area contributed by atoms with E-state index in [1.807, 2.05) is 6.08 Å².